The van der Waals surface area contributed by atoms with Gasteiger partial charge in [-0.2, -0.15) is 5.10 Å². The van der Waals surface area contributed by atoms with E-state index >= 15 is 0 Å². The second kappa shape index (κ2) is 6.52. The molecule has 4 heterocycles. The van der Waals surface area contributed by atoms with Crippen molar-refractivity contribution in [2.45, 2.75) is 6.92 Å². The molecule has 0 unspecified atom stereocenters. The van der Waals surface area contributed by atoms with Crippen LogP contribution in [-0.4, -0.2) is 35.6 Å². The van der Waals surface area contributed by atoms with Crippen LogP contribution in [0.15, 0.2) is 43.1 Å². The van der Waals surface area contributed by atoms with Crippen LogP contribution in [0.4, 0.5) is 5.82 Å². The van der Waals surface area contributed by atoms with Crippen molar-refractivity contribution in [2.24, 2.45) is 7.05 Å². The van der Waals surface area contributed by atoms with Crippen LogP contribution in [0.3, 0.4) is 0 Å². The van der Waals surface area contributed by atoms with Gasteiger partial charge in [-0.3, -0.25) is 9.48 Å². The molecule has 8 nitrogen and oxygen atoms in total. The molecule has 130 valence electrons. The fourth-order valence-electron chi connectivity index (χ4n) is 2.54. The van der Waals surface area contributed by atoms with Crippen LogP contribution in [0, 0.1) is 0 Å². The van der Waals surface area contributed by atoms with Crippen molar-refractivity contribution in [3.05, 3.63) is 43.1 Å². The first kappa shape index (κ1) is 16.2. The number of H-pyrrole nitrogens is 1. The van der Waals surface area contributed by atoms with Gasteiger partial charge in [0.2, 0.25) is 5.91 Å². The minimum Gasteiger partial charge on any atom is -0.344 e. The van der Waals surface area contributed by atoms with Crippen LogP contribution in [-0.2, 0) is 11.8 Å². The summed E-state index contributed by atoms with van der Waals surface area (Å²) in [5.41, 5.74) is 2.60. The molecule has 0 aliphatic heterocycles. The van der Waals surface area contributed by atoms with Crippen molar-refractivity contribution in [3.8, 4) is 32.5 Å². The van der Waals surface area contributed by atoms with E-state index in [0.717, 1.165) is 32.5 Å². The first-order valence-corrected chi connectivity index (χ1v) is 8.65. The van der Waals surface area contributed by atoms with E-state index in [1.165, 1.54) is 18.3 Å². The second-order valence-electron chi connectivity index (χ2n) is 5.65. The van der Waals surface area contributed by atoms with Gasteiger partial charge in [0.25, 0.3) is 0 Å². The molecule has 4 aromatic rings. The zero-order valence-electron chi connectivity index (χ0n) is 14.1. The van der Waals surface area contributed by atoms with Crippen LogP contribution in [0.25, 0.3) is 32.5 Å². The van der Waals surface area contributed by atoms with Crippen molar-refractivity contribution in [1.82, 2.24) is 29.7 Å². The molecule has 0 radical (unpaired) electrons. The third-order valence-electron chi connectivity index (χ3n) is 3.63. The largest absolute Gasteiger partial charge is 0.344 e. The van der Waals surface area contributed by atoms with Crippen molar-refractivity contribution in [3.63, 3.8) is 0 Å². The van der Waals surface area contributed by atoms with E-state index in [2.05, 4.69) is 25.4 Å². The summed E-state index contributed by atoms with van der Waals surface area (Å²) in [6.45, 7) is 1.45. The molecule has 0 spiro atoms. The highest BCUT2D eigenvalue weighted by Crippen LogP contribution is 2.39. The van der Waals surface area contributed by atoms with Crippen LogP contribution in [0.2, 0.25) is 0 Å². The number of aromatic nitrogens is 6. The van der Waals surface area contributed by atoms with Crippen LogP contribution >= 0.6 is 11.3 Å². The Bertz CT molecular complexity index is 1060. The molecule has 26 heavy (non-hydrogen) atoms. The molecule has 0 saturated carbocycles. The molecule has 4 rings (SSSR count). The normalized spacial score (nSPS) is 10.8. The van der Waals surface area contributed by atoms with Crippen molar-refractivity contribution < 1.29 is 4.79 Å². The van der Waals surface area contributed by atoms with Gasteiger partial charge < -0.3 is 10.3 Å². The number of hydrogen-bond acceptors (Lipinski definition) is 6. The summed E-state index contributed by atoms with van der Waals surface area (Å²) >= 11 is 1.52. The minimum atomic E-state index is -0.166. The number of pyridine rings is 1. The van der Waals surface area contributed by atoms with Crippen molar-refractivity contribution in [2.75, 3.05) is 5.32 Å². The van der Waals surface area contributed by atoms with Gasteiger partial charge in [-0.15, -0.1) is 11.3 Å². The maximum absolute atomic E-state index is 11.3. The van der Waals surface area contributed by atoms with E-state index < -0.39 is 0 Å². The Morgan fingerprint density at radius 2 is 2.15 bits per heavy atom. The number of carbonyl (C=O) groups is 1. The number of nitrogens with zero attached hydrogens (tertiary/aromatic N) is 5. The van der Waals surface area contributed by atoms with Gasteiger partial charge >= 0.3 is 0 Å². The topological polar surface area (TPSA) is 101 Å². The van der Waals surface area contributed by atoms with Crippen LogP contribution < -0.4 is 5.32 Å². The summed E-state index contributed by atoms with van der Waals surface area (Å²) in [6, 6.07) is 3.67. The molecule has 2 N–H and O–H groups in total. The SMILES string of the molecule is CC(=O)Nc1cc(-c2nc(-c3cnn(C)c3)c(-c3ncc[nH]3)s2)ccn1. The Labute approximate surface area is 153 Å². The summed E-state index contributed by atoms with van der Waals surface area (Å²) in [7, 11) is 1.87. The maximum Gasteiger partial charge on any atom is 0.222 e. The van der Waals surface area contributed by atoms with Gasteiger partial charge in [-0.05, 0) is 12.1 Å². The monoisotopic (exact) mass is 365 g/mol. The lowest BCUT2D eigenvalue weighted by atomic mass is 10.2. The maximum atomic E-state index is 11.3. The Morgan fingerprint density at radius 1 is 1.27 bits per heavy atom. The van der Waals surface area contributed by atoms with Gasteiger partial charge in [0.15, 0.2) is 0 Å². The molecule has 0 bridgehead atoms. The van der Waals surface area contributed by atoms with Gasteiger partial charge in [0.05, 0.1) is 16.8 Å². The van der Waals surface area contributed by atoms with Gasteiger partial charge in [-0.25, -0.2) is 15.0 Å². The summed E-state index contributed by atoms with van der Waals surface area (Å²) in [6.07, 6.45) is 8.84. The van der Waals surface area contributed by atoms with E-state index in [-0.39, 0.29) is 5.91 Å². The zero-order valence-corrected chi connectivity index (χ0v) is 14.9. The smallest absolute Gasteiger partial charge is 0.222 e. The standard InChI is InChI=1S/C17H15N7OS/c1-10(25)22-13-7-11(3-4-18-13)17-23-14(12-8-21-24(2)9-12)15(26-17)16-19-5-6-20-16/h3-9H,1-2H3,(H,19,20)(H,18,22,25). The third kappa shape index (κ3) is 3.11. The predicted octanol–water partition coefficient (Wildman–Crippen LogP) is 2.95. The Kier molecular flexibility index (Phi) is 4.05. The molecule has 0 saturated heterocycles. The molecule has 9 heteroatoms. The number of amides is 1. The van der Waals surface area contributed by atoms with Crippen molar-refractivity contribution >= 4 is 23.1 Å². The number of carbonyl (C=O) groups excluding carboxylic acids is 1. The highest BCUT2D eigenvalue weighted by molar-refractivity contribution is 7.18. The molecular formula is C17H15N7OS. The number of aryl methyl sites for hydroxylation is 1. The number of imidazole rings is 1. The molecule has 4 aromatic heterocycles. The first-order valence-electron chi connectivity index (χ1n) is 7.84. The van der Waals surface area contributed by atoms with E-state index in [9.17, 15) is 4.79 Å². The number of thiazole rings is 1. The number of nitrogens with one attached hydrogen (secondary N) is 2. The second-order valence-corrected chi connectivity index (χ2v) is 6.65. The predicted molar refractivity (Wildman–Crippen MR) is 99.4 cm³/mol. The van der Waals surface area contributed by atoms with Crippen LogP contribution in [0.1, 0.15) is 6.92 Å². The Morgan fingerprint density at radius 3 is 2.85 bits per heavy atom. The summed E-state index contributed by atoms with van der Waals surface area (Å²) in [5.74, 6) is 1.08. The molecule has 0 fully saturated rings. The summed E-state index contributed by atoms with van der Waals surface area (Å²) in [4.78, 5) is 28.7. The first-order chi connectivity index (χ1) is 12.6. The minimum absolute atomic E-state index is 0.166. The fourth-order valence-corrected chi connectivity index (χ4v) is 3.59. The molecule has 0 atom stereocenters. The summed E-state index contributed by atoms with van der Waals surface area (Å²) < 4.78 is 1.74. The van der Waals surface area contributed by atoms with Gasteiger partial charge in [-0.1, -0.05) is 0 Å². The average Bonchev–Trinajstić information content (AvgIpc) is 3.34. The van der Waals surface area contributed by atoms with E-state index in [1.807, 2.05) is 19.3 Å². The highest BCUT2D eigenvalue weighted by Gasteiger charge is 2.19. The number of rotatable bonds is 4. The lowest BCUT2D eigenvalue weighted by Crippen LogP contribution is -2.07. The molecule has 0 aromatic carbocycles. The van der Waals surface area contributed by atoms with E-state index in [0.29, 0.717) is 5.82 Å². The van der Waals surface area contributed by atoms with Gasteiger partial charge in [0.1, 0.15) is 16.6 Å². The number of anilines is 1. The number of aromatic amines is 1. The quantitative estimate of drug-likeness (QED) is 0.579. The molecule has 1 amide bonds. The zero-order chi connectivity index (χ0) is 18.1. The molecule has 0 aliphatic rings. The average molecular weight is 365 g/mol. The molecule has 0 aliphatic carbocycles. The van der Waals surface area contributed by atoms with E-state index in [4.69, 9.17) is 4.98 Å². The highest BCUT2D eigenvalue weighted by atomic mass is 32.1. The Hall–Kier alpha value is -3.33. The van der Waals surface area contributed by atoms with Gasteiger partial charge in [0, 0.05) is 49.9 Å². The lowest BCUT2D eigenvalue weighted by Gasteiger charge is -2.02. The lowest BCUT2D eigenvalue weighted by molar-refractivity contribution is -0.114. The van der Waals surface area contributed by atoms with Crippen molar-refractivity contribution in [1.29, 1.82) is 0 Å². The number of hydrogen-bond donors (Lipinski definition) is 2. The van der Waals surface area contributed by atoms with E-state index in [1.54, 1.807) is 35.5 Å². The molecular weight excluding hydrogens is 350 g/mol. The summed E-state index contributed by atoms with van der Waals surface area (Å²) in [5, 5.41) is 7.74. The van der Waals surface area contributed by atoms with Crippen LogP contribution in [0.5, 0.6) is 0 Å². The Balaban J connectivity index is 1.82. The fraction of sp³-hybridized carbons (Fsp3) is 0.118. The third-order valence-corrected chi connectivity index (χ3v) is 4.74.